The van der Waals surface area contributed by atoms with Gasteiger partial charge < -0.3 is 150 Å². The van der Waals surface area contributed by atoms with Crippen LogP contribution < -0.4 is 16.0 Å². The zero-order chi connectivity index (χ0) is 55.9. The van der Waals surface area contributed by atoms with Crippen molar-refractivity contribution in [3.05, 3.63) is 0 Å². The molecule has 5 aliphatic rings. The van der Waals surface area contributed by atoms with Crippen molar-refractivity contribution in [2.75, 3.05) is 39.6 Å². The van der Waals surface area contributed by atoms with Crippen LogP contribution in [0.25, 0.3) is 0 Å². The van der Waals surface area contributed by atoms with E-state index >= 15 is 0 Å². The van der Waals surface area contributed by atoms with Gasteiger partial charge in [-0.2, -0.15) is 0 Å². The number of nitrogens with one attached hydrogen (secondary N) is 3. The Morgan fingerprint density at radius 1 is 0.493 bits per heavy atom. The highest BCUT2D eigenvalue weighted by Gasteiger charge is 2.55. The van der Waals surface area contributed by atoms with Crippen LogP contribution in [0.1, 0.15) is 27.7 Å². The molecular weight excluding hydrogens is 1030 g/mol. The highest BCUT2D eigenvalue weighted by atomic mass is 16.8. The first-order valence-corrected chi connectivity index (χ1v) is 23.9. The summed E-state index contributed by atoms with van der Waals surface area (Å²) >= 11 is 0. The minimum absolute atomic E-state index is 0.733. The highest BCUT2D eigenvalue weighted by Crippen LogP contribution is 2.34. The topological polar surface area (TPSA) is 524 Å². The van der Waals surface area contributed by atoms with E-state index in [0.717, 1.165) is 20.8 Å². The van der Waals surface area contributed by atoms with E-state index in [9.17, 15) is 101 Å². The Labute approximate surface area is 426 Å². The molecule has 33 nitrogen and oxygen atoms in total. The Bertz CT molecular complexity index is 1800. The summed E-state index contributed by atoms with van der Waals surface area (Å²) in [5, 5.41) is 190. The lowest BCUT2D eigenvalue weighted by atomic mass is 9.95. The van der Waals surface area contributed by atoms with Crippen LogP contribution >= 0.6 is 0 Å². The van der Waals surface area contributed by atoms with E-state index in [-0.39, 0.29) is 0 Å². The van der Waals surface area contributed by atoms with Crippen molar-refractivity contribution < 1.29 is 149 Å². The van der Waals surface area contributed by atoms with Crippen LogP contribution in [0.5, 0.6) is 0 Å². The van der Waals surface area contributed by atoms with E-state index in [1.165, 1.54) is 6.92 Å². The molecule has 0 aromatic rings. The predicted octanol–water partition coefficient (Wildman–Crippen LogP) is -13.0. The summed E-state index contributed by atoms with van der Waals surface area (Å²) < 4.78 is 57.3. The van der Waals surface area contributed by atoms with Crippen molar-refractivity contribution in [3.8, 4) is 0 Å². The van der Waals surface area contributed by atoms with E-state index in [0.29, 0.717) is 0 Å². The second-order valence-electron chi connectivity index (χ2n) is 18.8. The van der Waals surface area contributed by atoms with E-state index < -0.39 is 235 Å². The normalized spacial score (nSPS) is 44.2. The number of aliphatic hydroxyl groups excluding tert-OH is 17. The predicted molar refractivity (Wildman–Crippen MR) is 235 cm³/mol. The maximum atomic E-state index is 12.6. The molecule has 0 spiro atoms. The molecular formula is C42H73N3O30. The van der Waals surface area contributed by atoms with Crippen LogP contribution in [0.15, 0.2) is 0 Å². The Hall–Kier alpha value is -2.67. The largest absolute Gasteiger partial charge is 0.394 e. The number of hydrogen-bond acceptors (Lipinski definition) is 30. The summed E-state index contributed by atoms with van der Waals surface area (Å²) in [7, 11) is 0. The van der Waals surface area contributed by atoms with E-state index in [4.69, 9.17) is 47.4 Å². The van der Waals surface area contributed by atoms with Gasteiger partial charge in [-0.1, -0.05) is 0 Å². The Balaban J connectivity index is 1.47. The van der Waals surface area contributed by atoms with Crippen LogP contribution in [-0.4, -0.2) is 322 Å². The van der Waals surface area contributed by atoms with Gasteiger partial charge in [-0.3, -0.25) is 14.4 Å². The van der Waals surface area contributed by atoms with Crippen molar-refractivity contribution in [3.63, 3.8) is 0 Å². The quantitative estimate of drug-likeness (QED) is 0.0479. The smallest absolute Gasteiger partial charge is 0.217 e. The lowest BCUT2D eigenvalue weighted by molar-refractivity contribution is -0.373. The van der Waals surface area contributed by atoms with Crippen molar-refractivity contribution in [1.29, 1.82) is 0 Å². The average Bonchev–Trinajstić information content (AvgIpc) is 3.36. The van der Waals surface area contributed by atoms with Gasteiger partial charge in [-0.15, -0.1) is 0 Å². The average molecular weight is 1100 g/mol. The van der Waals surface area contributed by atoms with Gasteiger partial charge in [-0.25, -0.2) is 0 Å². The molecule has 20 N–H and O–H groups in total. The second kappa shape index (κ2) is 28.0. The van der Waals surface area contributed by atoms with Crippen molar-refractivity contribution in [1.82, 2.24) is 16.0 Å². The molecule has 3 amide bonds. The molecule has 0 aromatic carbocycles. The molecule has 436 valence electrons. The van der Waals surface area contributed by atoms with Crippen LogP contribution in [0.4, 0.5) is 0 Å². The van der Waals surface area contributed by atoms with Gasteiger partial charge >= 0.3 is 0 Å². The Morgan fingerprint density at radius 2 is 0.960 bits per heavy atom. The zero-order valence-electron chi connectivity index (χ0n) is 40.9. The Morgan fingerprint density at radius 3 is 1.51 bits per heavy atom. The van der Waals surface area contributed by atoms with Gasteiger partial charge in [0.25, 0.3) is 0 Å². The molecule has 0 unspecified atom stereocenters. The number of hydrogen-bond donors (Lipinski definition) is 20. The van der Waals surface area contributed by atoms with E-state index in [1.807, 2.05) is 0 Å². The summed E-state index contributed by atoms with van der Waals surface area (Å²) in [6.07, 6.45) is -49.2. The van der Waals surface area contributed by atoms with Crippen molar-refractivity contribution >= 4 is 17.7 Å². The first-order valence-electron chi connectivity index (χ1n) is 23.9. The zero-order valence-corrected chi connectivity index (χ0v) is 40.9. The number of rotatable bonds is 22. The van der Waals surface area contributed by atoms with Gasteiger partial charge in [0.1, 0.15) is 134 Å². The van der Waals surface area contributed by atoms with Crippen LogP contribution in [0.3, 0.4) is 0 Å². The first kappa shape index (κ1) is 63.2. The van der Waals surface area contributed by atoms with Crippen molar-refractivity contribution in [2.45, 2.75) is 205 Å². The summed E-state index contributed by atoms with van der Waals surface area (Å²) in [6.45, 7) is -1.37. The van der Waals surface area contributed by atoms with Gasteiger partial charge in [-0.05, 0) is 6.92 Å². The van der Waals surface area contributed by atoms with Crippen LogP contribution in [-0.2, 0) is 61.8 Å². The molecule has 5 fully saturated rings. The summed E-state index contributed by atoms with van der Waals surface area (Å²) in [6, 6.07) is -4.87. The first-order chi connectivity index (χ1) is 35.3. The molecule has 0 saturated carbocycles. The van der Waals surface area contributed by atoms with Gasteiger partial charge in [0.15, 0.2) is 31.5 Å². The van der Waals surface area contributed by atoms with E-state index in [1.54, 1.807) is 0 Å². The Kier molecular flexibility index (Phi) is 23.5. The van der Waals surface area contributed by atoms with Crippen LogP contribution in [0, 0.1) is 0 Å². The maximum Gasteiger partial charge on any atom is 0.217 e. The third-order valence-corrected chi connectivity index (χ3v) is 13.2. The SMILES string of the molecule is CC(=O)N[C@H]1[C@H](OC[C@@H](O)[C@H](O)[C@H](O[C@@H]2O[C@H](CO[C@@H]3O[C@H](CO)[C@@H](O)[C@H](O[C@@H]4O[C@@H](C)[C@@H](O)[C@@H](O)[C@@H]4O)[C@H]3NC(C)=O)[C@H](O)[C@H](O[C@@H]3O[C@H](CO)[C@H](O)[C@H](O)[C@H]3O)[C@H]2O)[C@H](CO)NC(C)=O)O[C@H](CO)[C@@H](O)[C@@H]1O. The van der Waals surface area contributed by atoms with Crippen molar-refractivity contribution in [2.24, 2.45) is 0 Å². The fourth-order valence-corrected chi connectivity index (χ4v) is 9.06. The molecule has 29 atom stereocenters. The standard InChI is InChI=1S/C42H73N3O30/c1-11-23(54)30(61)32(63)40(68-11)74-36-22(45-14(4)52)39(70-19(8-49)27(36)58)67-10-20-28(59)37(75-41-33(64)31(62)26(57)18(7-48)71-41)34(65)42(72-20)73-35(15(5-46)43-12(2)50)24(55)16(53)9-66-38-21(44-13(3)51)29(60)25(56)17(6-47)69-38/h11,15-42,46-49,53-65H,5-10H2,1-4H3,(H,43,50)(H,44,51)(H,45,52)/t11-,15-,16+,17+,18+,19+,20+,21+,22+,23+,24-,25+,26-,27+,28-,29+,30+,31-,32-,33+,34+,35+,36+,37-,38+,39+,40-,41-,42-/m0/s1. The summed E-state index contributed by atoms with van der Waals surface area (Å²) in [5.74, 6) is -2.38. The number of amides is 3. The lowest BCUT2D eigenvalue weighted by Crippen LogP contribution is -2.68. The summed E-state index contributed by atoms with van der Waals surface area (Å²) in [4.78, 5) is 37.0. The molecule has 0 aliphatic carbocycles. The van der Waals surface area contributed by atoms with E-state index in [2.05, 4.69) is 16.0 Å². The maximum absolute atomic E-state index is 12.6. The molecule has 5 rings (SSSR count). The fourth-order valence-electron chi connectivity index (χ4n) is 9.06. The van der Waals surface area contributed by atoms with Gasteiger partial charge in [0.2, 0.25) is 17.7 Å². The molecule has 0 aromatic heterocycles. The second-order valence-corrected chi connectivity index (χ2v) is 18.8. The molecule has 5 aliphatic heterocycles. The number of ether oxygens (including phenoxy) is 10. The molecule has 5 heterocycles. The third kappa shape index (κ3) is 15.0. The molecule has 75 heavy (non-hydrogen) atoms. The van der Waals surface area contributed by atoms with Gasteiger partial charge in [0.05, 0.1) is 51.8 Å². The summed E-state index contributed by atoms with van der Waals surface area (Å²) in [5.41, 5.74) is 0. The number of aliphatic hydroxyl groups is 17. The number of carbonyl (C=O) groups excluding carboxylic acids is 3. The minimum atomic E-state index is -2.33. The third-order valence-electron chi connectivity index (χ3n) is 13.2. The lowest BCUT2D eigenvalue weighted by Gasteiger charge is -2.48. The molecule has 0 radical (unpaired) electrons. The minimum Gasteiger partial charge on any atom is -0.394 e. The molecule has 5 saturated heterocycles. The monoisotopic (exact) mass is 1100 g/mol. The molecule has 0 bridgehead atoms. The van der Waals surface area contributed by atoms with Crippen LogP contribution in [0.2, 0.25) is 0 Å². The fraction of sp³-hybridized carbons (Fsp3) is 0.929. The van der Waals surface area contributed by atoms with Gasteiger partial charge in [0, 0.05) is 20.8 Å². The highest BCUT2D eigenvalue weighted by molar-refractivity contribution is 5.74. The molecule has 33 heteroatoms. The number of carbonyl (C=O) groups is 3.